The van der Waals surface area contributed by atoms with Crippen molar-refractivity contribution in [3.63, 3.8) is 0 Å². The predicted molar refractivity (Wildman–Crippen MR) is 93.8 cm³/mol. The Morgan fingerprint density at radius 3 is 2.10 bits per heavy atom. The van der Waals surface area contributed by atoms with E-state index in [1.165, 1.54) is 11.1 Å². The van der Waals surface area contributed by atoms with E-state index in [9.17, 15) is 0 Å². The maximum absolute atomic E-state index is 6.08. The van der Waals surface area contributed by atoms with Crippen molar-refractivity contribution in [2.45, 2.75) is 52.2 Å². The molecule has 0 aliphatic rings. The van der Waals surface area contributed by atoms with Gasteiger partial charge in [0.15, 0.2) is 0 Å². The molecule has 0 heterocycles. The summed E-state index contributed by atoms with van der Waals surface area (Å²) in [6.07, 6.45) is 0.259. The van der Waals surface area contributed by atoms with E-state index >= 15 is 0 Å². The fraction of sp³-hybridized carbons (Fsp3) is 0.647. The minimum Gasteiger partial charge on any atom is -0.376 e. The van der Waals surface area contributed by atoms with Crippen LogP contribution in [0.2, 0.25) is 0 Å². The first-order valence-corrected chi connectivity index (χ1v) is 8.83. The number of alkyl halides is 1. The fourth-order valence-electron chi connectivity index (χ4n) is 1.97. The Hall–Kier alpha value is -0.130. The third kappa shape index (κ3) is 5.34. The monoisotopic (exact) mass is 390 g/mol. The molecule has 0 saturated carbocycles. The second-order valence-corrected chi connectivity index (χ2v) is 6.67. The zero-order chi connectivity index (χ0) is 15.2. The van der Waals surface area contributed by atoms with Crippen LogP contribution in [-0.4, -0.2) is 23.7 Å². The molecular weight excluding hydrogens is 363 g/mol. The smallest absolute Gasteiger partial charge is 0.0993 e. The Kier molecular flexibility index (Phi) is 7.48. The Labute approximate surface area is 137 Å². The van der Waals surface area contributed by atoms with Crippen molar-refractivity contribution >= 4 is 22.6 Å². The zero-order valence-electron chi connectivity index (χ0n) is 13.3. The molecule has 114 valence electrons. The SMILES string of the molecule is CC(C)OCCOC(C)(CI)c1ccc(C(C)C)cc1. The topological polar surface area (TPSA) is 18.5 Å². The molecule has 1 atom stereocenters. The molecule has 0 saturated heterocycles. The highest BCUT2D eigenvalue weighted by molar-refractivity contribution is 14.1. The standard InChI is InChI=1S/C17H27IO2/c1-13(2)15-6-8-16(9-7-15)17(5,12-18)20-11-10-19-14(3)4/h6-9,13-14H,10-12H2,1-5H3. The molecule has 0 radical (unpaired) electrons. The van der Waals surface area contributed by atoms with E-state index < -0.39 is 0 Å². The van der Waals surface area contributed by atoms with Gasteiger partial charge in [0.25, 0.3) is 0 Å². The van der Waals surface area contributed by atoms with E-state index in [0.717, 1.165) is 4.43 Å². The van der Waals surface area contributed by atoms with E-state index in [-0.39, 0.29) is 11.7 Å². The molecule has 0 N–H and O–H groups in total. The Morgan fingerprint density at radius 2 is 1.65 bits per heavy atom. The number of benzene rings is 1. The van der Waals surface area contributed by atoms with Gasteiger partial charge in [0.2, 0.25) is 0 Å². The average molecular weight is 390 g/mol. The average Bonchev–Trinajstić information content (AvgIpc) is 2.43. The van der Waals surface area contributed by atoms with E-state index in [4.69, 9.17) is 9.47 Å². The van der Waals surface area contributed by atoms with Crippen LogP contribution in [0.5, 0.6) is 0 Å². The van der Waals surface area contributed by atoms with Crippen molar-refractivity contribution < 1.29 is 9.47 Å². The van der Waals surface area contributed by atoms with Gasteiger partial charge in [-0.2, -0.15) is 0 Å². The number of hydrogen-bond donors (Lipinski definition) is 0. The lowest BCUT2D eigenvalue weighted by atomic mass is 9.94. The van der Waals surface area contributed by atoms with Crippen molar-refractivity contribution in [3.8, 4) is 0 Å². The van der Waals surface area contributed by atoms with E-state index in [1.54, 1.807) is 0 Å². The number of halogens is 1. The quantitative estimate of drug-likeness (QED) is 0.357. The molecule has 0 aromatic heterocycles. The maximum Gasteiger partial charge on any atom is 0.0993 e. The number of rotatable bonds is 8. The first-order chi connectivity index (χ1) is 9.39. The molecule has 0 bridgehead atoms. The lowest BCUT2D eigenvalue weighted by Crippen LogP contribution is -2.29. The van der Waals surface area contributed by atoms with E-state index in [2.05, 4.69) is 67.6 Å². The van der Waals surface area contributed by atoms with Crippen molar-refractivity contribution in [1.82, 2.24) is 0 Å². The van der Waals surface area contributed by atoms with Gasteiger partial charge in [-0.05, 0) is 37.8 Å². The van der Waals surface area contributed by atoms with Crippen LogP contribution in [-0.2, 0) is 15.1 Å². The summed E-state index contributed by atoms with van der Waals surface area (Å²) in [5, 5.41) is 0. The number of hydrogen-bond acceptors (Lipinski definition) is 2. The molecule has 0 aliphatic carbocycles. The van der Waals surface area contributed by atoms with Crippen molar-refractivity contribution in [1.29, 1.82) is 0 Å². The van der Waals surface area contributed by atoms with Gasteiger partial charge in [0.1, 0.15) is 0 Å². The summed E-state index contributed by atoms with van der Waals surface area (Å²) in [4.78, 5) is 0. The summed E-state index contributed by atoms with van der Waals surface area (Å²) in [5.41, 5.74) is 2.37. The van der Waals surface area contributed by atoms with Crippen molar-refractivity contribution in [2.75, 3.05) is 17.6 Å². The molecular formula is C17H27IO2. The molecule has 1 aromatic rings. The van der Waals surface area contributed by atoms with Crippen LogP contribution < -0.4 is 0 Å². The van der Waals surface area contributed by atoms with Crippen molar-refractivity contribution in [2.24, 2.45) is 0 Å². The molecule has 0 fully saturated rings. The highest BCUT2D eigenvalue weighted by atomic mass is 127. The van der Waals surface area contributed by atoms with Gasteiger partial charge in [-0.25, -0.2) is 0 Å². The largest absolute Gasteiger partial charge is 0.376 e. The highest BCUT2D eigenvalue weighted by Crippen LogP contribution is 2.29. The highest BCUT2D eigenvalue weighted by Gasteiger charge is 2.26. The van der Waals surface area contributed by atoms with Crippen LogP contribution in [0, 0.1) is 0 Å². The van der Waals surface area contributed by atoms with Crippen LogP contribution in [0.1, 0.15) is 51.7 Å². The molecule has 1 unspecified atom stereocenters. The fourth-order valence-corrected chi connectivity index (χ4v) is 2.63. The first-order valence-electron chi connectivity index (χ1n) is 7.31. The summed E-state index contributed by atoms with van der Waals surface area (Å²) < 4.78 is 12.5. The minimum absolute atomic E-state index is 0.240. The molecule has 0 aliphatic heterocycles. The third-order valence-corrected chi connectivity index (χ3v) is 4.85. The van der Waals surface area contributed by atoms with Crippen LogP contribution in [0.25, 0.3) is 0 Å². The Morgan fingerprint density at radius 1 is 1.05 bits per heavy atom. The molecule has 3 heteroatoms. The Balaban J connectivity index is 2.67. The van der Waals surface area contributed by atoms with Gasteiger partial charge in [0.05, 0.1) is 24.9 Å². The lowest BCUT2D eigenvalue weighted by molar-refractivity contribution is -0.0544. The van der Waals surface area contributed by atoms with Gasteiger partial charge < -0.3 is 9.47 Å². The number of ether oxygens (including phenoxy) is 2. The normalized spacial score (nSPS) is 14.8. The van der Waals surface area contributed by atoms with Crippen LogP contribution in [0.4, 0.5) is 0 Å². The van der Waals surface area contributed by atoms with Crippen LogP contribution in [0.15, 0.2) is 24.3 Å². The minimum atomic E-state index is -0.240. The molecule has 1 aromatic carbocycles. The molecule has 0 amide bonds. The second-order valence-electron chi connectivity index (χ2n) is 5.91. The van der Waals surface area contributed by atoms with Crippen LogP contribution >= 0.6 is 22.6 Å². The van der Waals surface area contributed by atoms with Gasteiger partial charge in [-0.15, -0.1) is 0 Å². The first kappa shape index (κ1) is 17.9. The zero-order valence-corrected chi connectivity index (χ0v) is 15.4. The van der Waals surface area contributed by atoms with Gasteiger partial charge >= 0.3 is 0 Å². The Bertz CT molecular complexity index is 386. The maximum atomic E-state index is 6.08. The third-order valence-electron chi connectivity index (χ3n) is 3.40. The summed E-state index contributed by atoms with van der Waals surface area (Å²) >= 11 is 2.39. The molecule has 2 nitrogen and oxygen atoms in total. The van der Waals surface area contributed by atoms with Gasteiger partial charge in [-0.1, -0.05) is 60.7 Å². The van der Waals surface area contributed by atoms with Crippen LogP contribution in [0.3, 0.4) is 0 Å². The van der Waals surface area contributed by atoms with Crippen molar-refractivity contribution in [3.05, 3.63) is 35.4 Å². The molecule has 0 spiro atoms. The lowest BCUT2D eigenvalue weighted by Gasteiger charge is -2.29. The summed E-state index contributed by atoms with van der Waals surface area (Å²) in [7, 11) is 0. The van der Waals surface area contributed by atoms with E-state index in [1.807, 2.05) is 13.8 Å². The molecule has 20 heavy (non-hydrogen) atoms. The second kappa shape index (κ2) is 8.35. The predicted octanol–water partition coefficient (Wildman–Crippen LogP) is 4.90. The molecule has 1 rings (SSSR count). The van der Waals surface area contributed by atoms with E-state index in [0.29, 0.717) is 19.1 Å². The summed E-state index contributed by atoms with van der Waals surface area (Å²) in [5.74, 6) is 0.565. The summed E-state index contributed by atoms with van der Waals surface area (Å²) in [6, 6.07) is 8.80. The van der Waals surface area contributed by atoms with Gasteiger partial charge in [-0.3, -0.25) is 0 Å². The van der Waals surface area contributed by atoms with Gasteiger partial charge in [0, 0.05) is 4.43 Å². The summed E-state index contributed by atoms with van der Waals surface area (Å²) in [6.45, 7) is 11.9.